The van der Waals surface area contributed by atoms with Crippen molar-refractivity contribution in [3.63, 3.8) is 0 Å². The van der Waals surface area contributed by atoms with E-state index in [2.05, 4.69) is 23.3 Å². The molecule has 0 atom stereocenters. The number of anilines is 2. The van der Waals surface area contributed by atoms with Crippen LogP contribution in [0.3, 0.4) is 0 Å². The molecular formula is C13H13N3O. The van der Waals surface area contributed by atoms with Crippen molar-refractivity contribution < 1.29 is 4.42 Å². The maximum absolute atomic E-state index is 5.61. The minimum atomic E-state index is 0.207. The predicted molar refractivity (Wildman–Crippen MR) is 70.1 cm³/mol. The molecule has 0 aliphatic carbocycles. The average Bonchev–Trinajstić information content (AvgIpc) is 2.70. The Hall–Kier alpha value is -2.23. The fraction of sp³-hybridized carbons (Fsp3) is 0.154. The Morgan fingerprint density at radius 3 is 2.82 bits per heavy atom. The molecule has 0 bridgehead atoms. The first-order valence-electron chi connectivity index (χ1n) is 5.61. The van der Waals surface area contributed by atoms with Gasteiger partial charge >= 0.3 is 0 Å². The van der Waals surface area contributed by atoms with Crippen LogP contribution in [0.25, 0.3) is 21.9 Å². The predicted octanol–water partition coefficient (Wildman–Crippen LogP) is 3.00. The highest BCUT2D eigenvalue weighted by Crippen LogP contribution is 2.32. The molecule has 3 N–H and O–H groups in total. The molecule has 17 heavy (non-hydrogen) atoms. The lowest BCUT2D eigenvalue weighted by Gasteiger charge is -2.07. The second-order valence-corrected chi connectivity index (χ2v) is 3.90. The van der Waals surface area contributed by atoms with Gasteiger partial charge in [0.25, 0.3) is 6.01 Å². The van der Waals surface area contributed by atoms with Crippen molar-refractivity contribution in [2.45, 2.75) is 6.92 Å². The molecule has 0 saturated carbocycles. The van der Waals surface area contributed by atoms with Gasteiger partial charge in [0.15, 0.2) is 5.58 Å². The van der Waals surface area contributed by atoms with Gasteiger partial charge in [0.2, 0.25) is 0 Å². The highest BCUT2D eigenvalue weighted by atomic mass is 16.4. The number of hydrogen-bond donors (Lipinski definition) is 2. The Bertz CT molecular complexity index is 688. The Labute approximate surface area is 98.4 Å². The molecule has 0 fully saturated rings. The molecule has 0 amide bonds. The average molecular weight is 227 g/mol. The number of hydrogen-bond acceptors (Lipinski definition) is 4. The SMILES string of the molecule is CCNc1cc2oc(N)nc2c2ccccc12. The minimum Gasteiger partial charge on any atom is -0.424 e. The zero-order valence-electron chi connectivity index (χ0n) is 9.53. The summed E-state index contributed by atoms with van der Waals surface area (Å²) in [5.74, 6) is 0. The Morgan fingerprint density at radius 2 is 2.06 bits per heavy atom. The van der Waals surface area contributed by atoms with E-state index in [9.17, 15) is 0 Å². The van der Waals surface area contributed by atoms with E-state index in [-0.39, 0.29) is 6.01 Å². The Balaban J connectivity index is 2.45. The van der Waals surface area contributed by atoms with Crippen LogP contribution < -0.4 is 11.1 Å². The summed E-state index contributed by atoms with van der Waals surface area (Å²) in [5, 5.41) is 5.51. The molecule has 0 saturated heterocycles. The molecule has 0 unspecified atom stereocenters. The van der Waals surface area contributed by atoms with Crippen molar-refractivity contribution in [1.82, 2.24) is 4.98 Å². The second kappa shape index (κ2) is 3.66. The zero-order chi connectivity index (χ0) is 11.8. The summed E-state index contributed by atoms with van der Waals surface area (Å²) in [5.41, 5.74) is 8.19. The molecule has 4 heteroatoms. The highest BCUT2D eigenvalue weighted by Gasteiger charge is 2.10. The number of benzene rings is 2. The molecule has 3 aromatic rings. The maximum atomic E-state index is 5.61. The molecule has 86 valence electrons. The summed E-state index contributed by atoms with van der Waals surface area (Å²) in [6, 6.07) is 10.3. The van der Waals surface area contributed by atoms with E-state index < -0.39 is 0 Å². The molecular weight excluding hydrogens is 214 g/mol. The van der Waals surface area contributed by atoms with Crippen LogP contribution in [0.1, 0.15) is 6.92 Å². The monoisotopic (exact) mass is 227 g/mol. The first-order valence-corrected chi connectivity index (χ1v) is 5.61. The van der Waals surface area contributed by atoms with Gasteiger partial charge in [-0.1, -0.05) is 24.3 Å². The zero-order valence-corrected chi connectivity index (χ0v) is 9.53. The van der Waals surface area contributed by atoms with Crippen LogP contribution in [-0.2, 0) is 0 Å². The number of nitrogen functional groups attached to an aromatic ring is 1. The molecule has 1 aromatic heterocycles. The van der Waals surface area contributed by atoms with E-state index in [1.807, 2.05) is 24.3 Å². The molecule has 0 aliphatic rings. The Morgan fingerprint density at radius 1 is 1.29 bits per heavy atom. The highest BCUT2D eigenvalue weighted by molar-refractivity contribution is 6.10. The fourth-order valence-corrected chi connectivity index (χ4v) is 2.11. The summed E-state index contributed by atoms with van der Waals surface area (Å²) in [7, 11) is 0. The van der Waals surface area contributed by atoms with Crippen LogP contribution in [0.15, 0.2) is 34.7 Å². The number of nitrogens with one attached hydrogen (secondary N) is 1. The van der Waals surface area contributed by atoms with Gasteiger partial charge in [-0.05, 0) is 6.92 Å². The summed E-state index contributed by atoms with van der Waals surface area (Å²) in [4.78, 5) is 4.23. The number of nitrogens with two attached hydrogens (primary N) is 1. The van der Waals surface area contributed by atoms with E-state index in [1.54, 1.807) is 0 Å². The maximum Gasteiger partial charge on any atom is 0.293 e. The second-order valence-electron chi connectivity index (χ2n) is 3.90. The van der Waals surface area contributed by atoms with E-state index >= 15 is 0 Å². The van der Waals surface area contributed by atoms with Crippen molar-refractivity contribution >= 4 is 33.6 Å². The van der Waals surface area contributed by atoms with Gasteiger partial charge in [-0.25, -0.2) is 0 Å². The van der Waals surface area contributed by atoms with Crippen LogP contribution >= 0.6 is 0 Å². The largest absolute Gasteiger partial charge is 0.424 e. The van der Waals surface area contributed by atoms with E-state index in [1.165, 1.54) is 0 Å². The first kappa shape index (κ1) is 9.96. The van der Waals surface area contributed by atoms with Gasteiger partial charge in [0.1, 0.15) is 5.52 Å². The number of fused-ring (bicyclic) bond motifs is 3. The molecule has 0 radical (unpaired) electrons. The van der Waals surface area contributed by atoms with E-state index in [0.29, 0.717) is 0 Å². The topological polar surface area (TPSA) is 64.1 Å². The van der Waals surface area contributed by atoms with Crippen LogP contribution in [-0.4, -0.2) is 11.5 Å². The van der Waals surface area contributed by atoms with Crippen molar-refractivity contribution in [3.05, 3.63) is 30.3 Å². The summed E-state index contributed by atoms with van der Waals surface area (Å²) in [6.07, 6.45) is 0. The standard InChI is InChI=1S/C13H13N3O/c1-2-15-10-7-11-12(16-13(14)17-11)9-6-4-3-5-8(9)10/h3-7,15H,2H2,1H3,(H2,14,16). The number of nitrogens with zero attached hydrogens (tertiary/aromatic N) is 1. The number of aromatic nitrogens is 1. The van der Waals surface area contributed by atoms with Gasteiger partial charge in [-0.3, -0.25) is 0 Å². The van der Waals surface area contributed by atoms with Gasteiger partial charge in [0, 0.05) is 29.1 Å². The summed E-state index contributed by atoms with van der Waals surface area (Å²) in [6.45, 7) is 2.92. The molecule has 2 aromatic carbocycles. The molecule has 1 heterocycles. The summed E-state index contributed by atoms with van der Waals surface area (Å²) < 4.78 is 5.39. The van der Waals surface area contributed by atoms with Crippen molar-refractivity contribution in [2.75, 3.05) is 17.6 Å². The fourth-order valence-electron chi connectivity index (χ4n) is 2.11. The smallest absolute Gasteiger partial charge is 0.293 e. The lowest BCUT2D eigenvalue weighted by atomic mass is 10.1. The third-order valence-corrected chi connectivity index (χ3v) is 2.78. The Kier molecular flexibility index (Phi) is 2.14. The third kappa shape index (κ3) is 1.49. The van der Waals surface area contributed by atoms with Crippen LogP contribution in [0, 0.1) is 0 Å². The lowest BCUT2D eigenvalue weighted by molar-refractivity contribution is 0.626. The quantitative estimate of drug-likeness (QED) is 0.706. The van der Waals surface area contributed by atoms with Gasteiger partial charge < -0.3 is 15.5 Å². The third-order valence-electron chi connectivity index (χ3n) is 2.78. The number of oxazole rings is 1. The van der Waals surface area contributed by atoms with Crippen molar-refractivity contribution in [1.29, 1.82) is 0 Å². The van der Waals surface area contributed by atoms with Gasteiger partial charge in [0.05, 0.1) is 0 Å². The van der Waals surface area contributed by atoms with Crippen molar-refractivity contribution in [3.8, 4) is 0 Å². The molecule has 0 aliphatic heterocycles. The van der Waals surface area contributed by atoms with E-state index in [4.69, 9.17) is 10.2 Å². The van der Waals surface area contributed by atoms with Crippen molar-refractivity contribution in [2.24, 2.45) is 0 Å². The first-order chi connectivity index (χ1) is 8.29. The molecule has 4 nitrogen and oxygen atoms in total. The van der Waals surface area contributed by atoms with Crippen LogP contribution in [0.2, 0.25) is 0 Å². The molecule has 3 rings (SSSR count). The van der Waals surface area contributed by atoms with Crippen LogP contribution in [0.5, 0.6) is 0 Å². The lowest BCUT2D eigenvalue weighted by Crippen LogP contribution is -1.97. The van der Waals surface area contributed by atoms with Gasteiger partial charge in [-0.15, -0.1) is 0 Å². The molecule has 0 spiro atoms. The summed E-state index contributed by atoms with van der Waals surface area (Å²) >= 11 is 0. The number of rotatable bonds is 2. The van der Waals surface area contributed by atoms with E-state index in [0.717, 1.165) is 34.1 Å². The van der Waals surface area contributed by atoms with Gasteiger partial charge in [-0.2, -0.15) is 4.98 Å². The van der Waals surface area contributed by atoms with Crippen LogP contribution in [0.4, 0.5) is 11.7 Å². The normalized spacial score (nSPS) is 11.1. The minimum absolute atomic E-state index is 0.207.